The molecule has 1 saturated heterocycles. The SMILES string of the molecule is O=C(O)[C@@H]1CCCN1C(=O)c1cc(COc2c(Cl)cccc2Cl)on1. The number of carbonyl (C=O) groups is 2. The zero-order valence-corrected chi connectivity index (χ0v) is 14.5. The monoisotopic (exact) mass is 384 g/mol. The number of aliphatic carboxylic acids is 1. The largest absolute Gasteiger partial charge is 0.482 e. The first-order valence-corrected chi connectivity index (χ1v) is 8.29. The number of rotatable bonds is 5. The molecule has 0 saturated carbocycles. The van der Waals surface area contributed by atoms with Gasteiger partial charge in [-0.2, -0.15) is 0 Å². The lowest BCUT2D eigenvalue weighted by atomic mass is 10.2. The molecule has 1 amide bonds. The maximum Gasteiger partial charge on any atom is 0.326 e. The number of nitrogens with zero attached hydrogens (tertiary/aromatic N) is 2. The average molecular weight is 385 g/mol. The van der Waals surface area contributed by atoms with Crippen molar-refractivity contribution in [3.8, 4) is 5.75 Å². The molecule has 0 radical (unpaired) electrons. The lowest BCUT2D eigenvalue weighted by Crippen LogP contribution is -2.40. The summed E-state index contributed by atoms with van der Waals surface area (Å²) in [6.07, 6.45) is 1.07. The van der Waals surface area contributed by atoms with Crippen LogP contribution in [0.25, 0.3) is 0 Å². The van der Waals surface area contributed by atoms with Gasteiger partial charge in [0.1, 0.15) is 12.6 Å². The molecule has 9 heteroatoms. The van der Waals surface area contributed by atoms with Gasteiger partial charge in [-0.3, -0.25) is 4.79 Å². The molecule has 1 aliphatic rings. The summed E-state index contributed by atoms with van der Waals surface area (Å²) in [6.45, 7) is 0.357. The Morgan fingerprint density at radius 3 is 2.76 bits per heavy atom. The van der Waals surface area contributed by atoms with Gasteiger partial charge in [-0.15, -0.1) is 0 Å². The summed E-state index contributed by atoms with van der Waals surface area (Å²) in [6, 6.07) is 5.56. The van der Waals surface area contributed by atoms with Crippen molar-refractivity contribution >= 4 is 35.1 Å². The van der Waals surface area contributed by atoms with Crippen molar-refractivity contribution in [1.29, 1.82) is 0 Å². The van der Waals surface area contributed by atoms with Crippen molar-refractivity contribution in [2.75, 3.05) is 6.54 Å². The fourth-order valence-corrected chi connectivity index (χ4v) is 3.17. The summed E-state index contributed by atoms with van der Waals surface area (Å²) < 4.78 is 10.6. The van der Waals surface area contributed by atoms with Gasteiger partial charge in [0.2, 0.25) is 0 Å². The second kappa shape index (κ2) is 7.33. The first-order chi connectivity index (χ1) is 12.0. The Morgan fingerprint density at radius 1 is 1.36 bits per heavy atom. The van der Waals surface area contributed by atoms with Gasteiger partial charge in [0.25, 0.3) is 5.91 Å². The van der Waals surface area contributed by atoms with Crippen LogP contribution in [-0.4, -0.2) is 39.6 Å². The molecular weight excluding hydrogens is 371 g/mol. The van der Waals surface area contributed by atoms with E-state index >= 15 is 0 Å². The van der Waals surface area contributed by atoms with Crippen LogP contribution < -0.4 is 4.74 Å². The van der Waals surface area contributed by atoms with Crippen LogP contribution >= 0.6 is 23.2 Å². The number of amides is 1. The minimum Gasteiger partial charge on any atom is -0.482 e. The molecule has 1 aromatic heterocycles. The molecule has 0 unspecified atom stereocenters. The van der Waals surface area contributed by atoms with Gasteiger partial charge >= 0.3 is 5.97 Å². The normalized spacial score (nSPS) is 16.9. The van der Waals surface area contributed by atoms with Crippen molar-refractivity contribution in [2.24, 2.45) is 0 Å². The molecule has 1 fully saturated rings. The van der Waals surface area contributed by atoms with Crippen LogP contribution in [0.1, 0.15) is 29.1 Å². The van der Waals surface area contributed by atoms with Crippen LogP contribution in [0.2, 0.25) is 10.0 Å². The molecule has 3 rings (SSSR count). The number of hydrogen-bond donors (Lipinski definition) is 1. The molecular formula is C16H14Cl2N2O5. The molecule has 0 bridgehead atoms. The molecule has 2 heterocycles. The quantitative estimate of drug-likeness (QED) is 0.850. The van der Waals surface area contributed by atoms with Crippen molar-refractivity contribution < 1.29 is 24.0 Å². The maximum absolute atomic E-state index is 12.4. The Balaban J connectivity index is 1.68. The number of para-hydroxylation sites is 1. The minimum absolute atomic E-state index is 0.0217. The Hall–Kier alpha value is -2.25. The second-order valence-corrected chi connectivity index (χ2v) is 6.33. The van der Waals surface area contributed by atoms with Gasteiger partial charge in [0.15, 0.2) is 17.2 Å². The molecule has 25 heavy (non-hydrogen) atoms. The van der Waals surface area contributed by atoms with E-state index in [4.69, 9.17) is 37.6 Å². The number of carbonyl (C=O) groups excluding carboxylic acids is 1. The van der Waals surface area contributed by atoms with E-state index in [9.17, 15) is 9.59 Å². The molecule has 7 nitrogen and oxygen atoms in total. The highest BCUT2D eigenvalue weighted by atomic mass is 35.5. The van der Waals surface area contributed by atoms with E-state index in [-0.39, 0.29) is 12.3 Å². The lowest BCUT2D eigenvalue weighted by Gasteiger charge is -2.19. The van der Waals surface area contributed by atoms with Crippen LogP contribution in [0, 0.1) is 0 Å². The third-order valence-corrected chi connectivity index (χ3v) is 4.45. The topological polar surface area (TPSA) is 92.9 Å². The highest BCUT2D eigenvalue weighted by molar-refractivity contribution is 6.37. The smallest absolute Gasteiger partial charge is 0.326 e. The zero-order valence-electron chi connectivity index (χ0n) is 12.9. The molecule has 132 valence electrons. The van der Waals surface area contributed by atoms with Gasteiger partial charge < -0.3 is 19.3 Å². The minimum atomic E-state index is -1.02. The number of hydrogen-bond acceptors (Lipinski definition) is 5. The molecule has 1 N–H and O–H groups in total. The average Bonchev–Trinajstić information content (AvgIpc) is 3.23. The molecule has 0 aliphatic carbocycles. The van der Waals surface area contributed by atoms with E-state index in [1.54, 1.807) is 18.2 Å². The third-order valence-electron chi connectivity index (χ3n) is 3.85. The predicted octanol–water partition coefficient (Wildman–Crippen LogP) is 3.25. The summed E-state index contributed by atoms with van der Waals surface area (Å²) in [4.78, 5) is 24.9. The number of aromatic nitrogens is 1. The Morgan fingerprint density at radius 2 is 2.08 bits per heavy atom. The predicted molar refractivity (Wildman–Crippen MR) is 89.0 cm³/mol. The molecule has 1 aromatic carbocycles. The number of benzene rings is 1. The summed E-state index contributed by atoms with van der Waals surface area (Å²) in [5, 5.41) is 13.6. The van der Waals surface area contributed by atoms with Crippen molar-refractivity contribution in [1.82, 2.24) is 10.1 Å². The number of likely N-dealkylation sites (tertiary alicyclic amines) is 1. The van der Waals surface area contributed by atoms with E-state index < -0.39 is 17.9 Å². The molecule has 0 spiro atoms. The molecule has 1 aliphatic heterocycles. The molecule has 1 atom stereocenters. The van der Waals surface area contributed by atoms with Crippen molar-refractivity contribution in [3.63, 3.8) is 0 Å². The van der Waals surface area contributed by atoms with E-state index in [0.717, 1.165) is 0 Å². The van der Waals surface area contributed by atoms with Crippen molar-refractivity contribution in [2.45, 2.75) is 25.5 Å². The molecule has 2 aromatic rings. The Kier molecular flexibility index (Phi) is 5.15. The van der Waals surface area contributed by atoms with Crippen LogP contribution in [0.3, 0.4) is 0 Å². The van der Waals surface area contributed by atoms with Crippen LogP contribution in [0.5, 0.6) is 5.75 Å². The third kappa shape index (κ3) is 3.72. The fourth-order valence-electron chi connectivity index (χ4n) is 2.66. The lowest BCUT2D eigenvalue weighted by molar-refractivity contribution is -0.141. The van der Waals surface area contributed by atoms with E-state index in [1.807, 2.05) is 0 Å². The zero-order chi connectivity index (χ0) is 18.0. The number of carboxylic acids is 1. The van der Waals surface area contributed by atoms with E-state index in [2.05, 4.69) is 5.16 Å². The van der Waals surface area contributed by atoms with Crippen LogP contribution in [0.4, 0.5) is 0 Å². The van der Waals surface area contributed by atoms with Crippen LogP contribution in [-0.2, 0) is 11.4 Å². The van der Waals surface area contributed by atoms with Gasteiger partial charge in [-0.25, -0.2) is 4.79 Å². The highest BCUT2D eigenvalue weighted by Crippen LogP contribution is 2.33. The van der Waals surface area contributed by atoms with Gasteiger partial charge in [0.05, 0.1) is 10.0 Å². The first-order valence-electron chi connectivity index (χ1n) is 7.53. The number of carboxylic acid groups (broad SMARTS) is 1. The second-order valence-electron chi connectivity index (χ2n) is 5.51. The number of halogens is 2. The van der Waals surface area contributed by atoms with Gasteiger partial charge in [-0.1, -0.05) is 34.4 Å². The summed E-state index contributed by atoms with van der Waals surface area (Å²) in [5.74, 6) is -0.895. The Labute approximate surface area is 153 Å². The summed E-state index contributed by atoms with van der Waals surface area (Å²) in [5.41, 5.74) is 0.0389. The first kappa shape index (κ1) is 17.6. The van der Waals surface area contributed by atoms with E-state index in [1.165, 1.54) is 11.0 Å². The summed E-state index contributed by atoms with van der Waals surface area (Å²) in [7, 11) is 0. The van der Waals surface area contributed by atoms with Crippen molar-refractivity contribution in [3.05, 3.63) is 45.8 Å². The van der Waals surface area contributed by atoms with Gasteiger partial charge in [0, 0.05) is 12.6 Å². The standard InChI is InChI=1S/C16H14Cl2N2O5/c17-10-3-1-4-11(18)14(10)24-8-9-7-12(19-25-9)15(21)20-6-2-5-13(20)16(22)23/h1,3-4,7,13H,2,5-6,8H2,(H,22,23)/t13-/m0/s1. The number of ether oxygens (including phenoxy) is 1. The van der Waals surface area contributed by atoms with E-state index in [0.29, 0.717) is 40.9 Å². The summed E-state index contributed by atoms with van der Waals surface area (Å²) >= 11 is 12.0. The van der Waals surface area contributed by atoms with Gasteiger partial charge in [-0.05, 0) is 25.0 Å². The Bertz CT molecular complexity index is 787. The highest BCUT2D eigenvalue weighted by Gasteiger charge is 2.35. The maximum atomic E-state index is 12.4. The van der Waals surface area contributed by atoms with Crippen LogP contribution in [0.15, 0.2) is 28.8 Å². The fraction of sp³-hybridized carbons (Fsp3) is 0.312.